The van der Waals surface area contributed by atoms with Crippen LogP contribution in [-0.2, 0) is 27.7 Å². The number of aromatic nitrogens is 2. The average molecular weight is 427 g/mol. The molecule has 0 spiro atoms. The van der Waals surface area contributed by atoms with E-state index >= 15 is 0 Å². The Labute approximate surface area is 166 Å². The van der Waals surface area contributed by atoms with Gasteiger partial charge in [0.25, 0.3) is 10.0 Å². The van der Waals surface area contributed by atoms with Crippen molar-refractivity contribution in [1.82, 2.24) is 14.3 Å². The second-order valence-electron chi connectivity index (χ2n) is 6.68. The minimum absolute atomic E-state index is 0.162. The van der Waals surface area contributed by atoms with E-state index < -0.39 is 16.1 Å². The lowest BCUT2D eigenvalue weighted by molar-refractivity contribution is -0.120. The quantitative estimate of drug-likeness (QED) is 0.811. The Kier molecular flexibility index (Phi) is 5.19. The fourth-order valence-electron chi connectivity index (χ4n) is 3.67. The first kappa shape index (κ1) is 18.8. The number of carbonyl (C=O) groups excluding carboxylic acids is 1. The van der Waals surface area contributed by atoms with Crippen molar-refractivity contribution in [1.29, 1.82) is 0 Å². The number of anilines is 1. The van der Waals surface area contributed by atoms with Crippen molar-refractivity contribution in [2.75, 3.05) is 11.9 Å². The van der Waals surface area contributed by atoms with Crippen molar-refractivity contribution < 1.29 is 13.2 Å². The van der Waals surface area contributed by atoms with E-state index in [1.165, 1.54) is 16.7 Å². The predicted molar refractivity (Wildman–Crippen MR) is 104 cm³/mol. The number of sulfonamides is 1. The number of aryl methyl sites for hydroxylation is 1. The highest BCUT2D eigenvalue weighted by Crippen LogP contribution is 2.32. The number of thiophene rings is 1. The minimum Gasteiger partial charge on any atom is -0.309 e. The Hall–Kier alpha value is -1.55. The van der Waals surface area contributed by atoms with Gasteiger partial charge in [-0.05, 0) is 44.2 Å². The molecule has 1 fully saturated rings. The summed E-state index contributed by atoms with van der Waals surface area (Å²) in [5, 5.41) is 2.85. The van der Waals surface area contributed by atoms with Crippen molar-refractivity contribution in [2.24, 2.45) is 0 Å². The third-order valence-electron chi connectivity index (χ3n) is 4.98. The molecule has 27 heavy (non-hydrogen) atoms. The van der Waals surface area contributed by atoms with E-state index in [0.717, 1.165) is 54.7 Å². The smallest absolute Gasteiger partial charge is 0.253 e. The second kappa shape index (κ2) is 7.46. The molecule has 1 amide bonds. The molecule has 144 valence electrons. The third-order valence-corrected chi connectivity index (χ3v) is 8.59. The molecule has 0 bridgehead atoms. The first-order valence-corrected chi connectivity index (χ1v) is 11.5. The van der Waals surface area contributed by atoms with Crippen LogP contribution >= 0.6 is 22.9 Å². The number of halogens is 1. The third kappa shape index (κ3) is 3.61. The molecule has 1 aliphatic heterocycles. The fraction of sp³-hybridized carbons (Fsp3) is 0.471. The molecular weight excluding hydrogens is 408 g/mol. The maximum absolute atomic E-state index is 13.0. The number of rotatable bonds is 4. The summed E-state index contributed by atoms with van der Waals surface area (Å²) in [6, 6.07) is 2.29. The lowest BCUT2D eigenvalue weighted by atomic mass is 10.0. The van der Waals surface area contributed by atoms with E-state index in [1.54, 1.807) is 6.07 Å². The van der Waals surface area contributed by atoms with E-state index in [0.29, 0.717) is 23.1 Å². The molecule has 3 heterocycles. The Bertz CT molecular complexity index is 976. The maximum atomic E-state index is 13.0. The standard InChI is InChI=1S/C17H19ClN4O3S2/c18-14-7-8-15(26-14)27(24,25)22-9-2-1-6-13(22)17(23)21-16-11-4-3-5-12(11)19-10-20-16/h7-8,10,13H,1-6,9H2,(H,19,20,21,23). The number of nitrogens with zero attached hydrogens (tertiary/aromatic N) is 3. The molecule has 2 aromatic rings. The first-order chi connectivity index (χ1) is 13.0. The molecule has 10 heteroatoms. The van der Waals surface area contributed by atoms with Crippen LogP contribution in [0.25, 0.3) is 0 Å². The van der Waals surface area contributed by atoms with Gasteiger partial charge >= 0.3 is 0 Å². The molecule has 4 rings (SSSR count). The van der Waals surface area contributed by atoms with Crippen LogP contribution < -0.4 is 5.32 Å². The molecule has 7 nitrogen and oxygen atoms in total. The Morgan fingerprint density at radius 1 is 1.22 bits per heavy atom. The zero-order valence-electron chi connectivity index (χ0n) is 14.5. The van der Waals surface area contributed by atoms with E-state index in [4.69, 9.17) is 11.6 Å². The van der Waals surface area contributed by atoms with Crippen molar-refractivity contribution in [3.63, 3.8) is 0 Å². The van der Waals surface area contributed by atoms with E-state index in [1.807, 2.05) is 0 Å². The molecule has 1 unspecified atom stereocenters. The molecular formula is C17H19ClN4O3S2. The van der Waals surface area contributed by atoms with Crippen molar-refractivity contribution in [3.05, 3.63) is 34.1 Å². The first-order valence-electron chi connectivity index (χ1n) is 8.87. The summed E-state index contributed by atoms with van der Waals surface area (Å²) < 4.78 is 27.9. The molecule has 1 N–H and O–H groups in total. The number of nitrogens with one attached hydrogen (secondary N) is 1. The Morgan fingerprint density at radius 2 is 2.07 bits per heavy atom. The number of fused-ring (bicyclic) bond motifs is 1. The van der Waals surface area contributed by atoms with E-state index in [-0.39, 0.29) is 10.1 Å². The lowest BCUT2D eigenvalue weighted by Crippen LogP contribution is -2.49. The van der Waals surface area contributed by atoms with Crippen LogP contribution in [0.3, 0.4) is 0 Å². The molecule has 0 aromatic carbocycles. The molecule has 2 aromatic heterocycles. The number of amides is 1. The molecule has 2 aliphatic rings. The van der Waals surface area contributed by atoms with Crippen molar-refractivity contribution in [3.8, 4) is 0 Å². The van der Waals surface area contributed by atoms with Gasteiger partial charge in [0, 0.05) is 17.8 Å². The largest absolute Gasteiger partial charge is 0.309 e. The van der Waals surface area contributed by atoms with Crippen LogP contribution in [0.5, 0.6) is 0 Å². The van der Waals surface area contributed by atoms with Gasteiger partial charge in [0.05, 0.1) is 4.34 Å². The summed E-state index contributed by atoms with van der Waals surface area (Å²) in [6.07, 6.45) is 6.15. The Balaban J connectivity index is 1.59. The number of carbonyl (C=O) groups is 1. The lowest BCUT2D eigenvalue weighted by Gasteiger charge is -2.33. The van der Waals surface area contributed by atoms with Gasteiger partial charge in [0.2, 0.25) is 5.91 Å². The van der Waals surface area contributed by atoms with Gasteiger partial charge in [-0.1, -0.05) is 18.0 Å². The molecule has 0 saturated carbocycles. The molecule has 1 saturated heterocycles. The van der Waals surface area contributed by atoms with Gasteiger partial charge in [-0.2, -0.15) is 4.31 Å². The summed E-state index contributed by atoms with van der Waals surface area (Å²) in [4.78, 5) is 21.4. The number of hydrogen-bond acceptors (Lipinski definition) is 6. The highest BCUT2D eigenvalue weighted by atomic mass is 35.5. The minimum atomic E-state index is -3.77. The van der Waals surface area contributed by atoms with Gasteiger partial charge in [-0.25, -0.2) is 18.4 Å². The monoisotopic (exact) mass is 426 g/mol. The predicted octanol–water partition coefficient (Wildman–Crippen LogP) is 2.86. The second-order valence-corrected chi connectivity index (χ2v) is 10.5. The van der Waals surface area contributed by atoms with Crippen LogP contribution in [0, 0.1) is 0 Å². The molecule has 0 radical (unpaired) electrons. The summed E-state index contributed by atoms with van der Waals surface area (Å²) in [5.41, 5.74) is 1.92. The summed E-state index contributed by atoms with van der Waals surface area (Å²) in [7, 11) is -3.77. The van der Waals surface area contributed by atoms with Gasteiger partial charge in [-0.3, -0.25) is 4.79 Å². The number of piperidine rings is 1. The highest BCUT2D eigenvalue weighted by molar-refractivity contribution is 7.91. The van der Waals surface area contributed by atoms with Gasteiger partial charge in [-0.15, -0.1) is 11.3 Å². The molecule has 1 aliphatic carbocycles. The van der Waals surface area contributed by atoms with Crippen LogP contribution in [-0.4, -0.2) is 41.2 Å². The zero-order valence-corrected chi connectivity index (χ0v) is 16.9. The topological polar surface area (TPSA) is 92.3 Å². The summed E-state index contributed by atoms with van der Waals surface area (Å²) >= 11 is 6.91. The van der Waals surface area contributed by atoms with Gasteiger partial charge in [0.1, 0.15) is 22.4 Å². The van der Waals surface area contributed by atoms with Crippen molar-refractivity contribution in [2.45, 2.75) is 48.8 Å². The maximum Gasteiger partial charge on any atom is 0.253 e. The van der Waals surface area contributed by atoms with E-state index in [9.17, 15) is 13.2 Å². The van der Waals surface area contributed by atoms with Crippen LogP contribution in [0.15, 0.2) is 22.7 Å². The summed E-state index contributed by atoms with van der Waals surface area (Å²) in [6.45, 7) is 0.317. The highest BCUT2D eigenvalue weighted by Gasteiger charge is 2.38. The SMILES string of the molecule is O=C(Nc1ncnc2c1CCC2)C1CCCCN1S(=O)(=O)c1ccc(Cl)s1. The average Bonchev–Trinajstić information content (AvgIpc) is 3.31. The van der Waals surface area contributed by atoms with Gasteiger partial charge in [0.15, 0.2) is 0 Å². The van der Waals surface area contributed by atoms with E-state index in [2.05, 4.69) is 15.3 Å². The summed E-state index contributed by atoms with van der Waals surface area (Å²) in [5.74, 6) is 0.165. The van der Waals surface area contributed by atoms with Gasteiger partial charge < -0.3 is 5.32 Å². The Morgan fingerprint density at radius 3 is 2.85 bits per heavy atom. The van der Waals surface area contributed by atoms with Crippen LogP contribution in [0.1, 0.15) is 36.9 Å². The van der Waals surface area contributed by atoms with Crippen LogP contribution in [0.2, 0.25) is 4.34 Å². The normalized spacial score (nSPS) is 20.4. The van der Waals surface area contributed by atoms with Crippen LogP contribution in [0.4, 0.5) is 5.82 Å². The fourth-order valence-corrected chi connectivity index (χ4v) is 6.94. The van der Waals surface area contributed by atoms with Crippen molar-refractivity contribution >= 4 is 44.7 Å². The zero-order chi connectivity index (χ0) is 19.0. The number of hydrogen-bond donors (Lipinski definition) is 1. The molecule has 1 atom stereocenters.